The Balaban J connectivity index is 1.06. The molecule has 2 aliphatic rings. The molecular formula is C38H47N9O3. The number of benzene rings is 3. The van der Waals surface area contributed by atoms with E-state index in [1.54, 1.807) is 11.8 Å². The highest BCUT2D eigenvalue weighted by molar-refractivity contribution is 5.98. The molecule has 0 N–H and O–H groups in total. The number of hydrogen-bond acceptors (Lipinski definition) is 9. The van der Waals surface area contributed by atoms with Crippen molar-refractivity contribution in [2.75, 3.05) is 64.4 Å². The fraction of sp³-hybridized carbons (Fsp3) is 0.447. The molecule has 12 nitrogen and oxygen atoms in total. The molecule has 2 aromatic heterocycles. The number of anilines is 1. The number of para-hydroxylation sites is 2. The van der Waals surface area contributed by atoms with Gasteiger partial charge in [-0.05, 0) is 92.5 Å². The lowest BCUT2D eigenvalue weighted by atomic mass is 9.76. The zero-order valence-corrected chi connectivity index (χ0v) is 29.3. The van der Waals surface area contributed by atoms with Crippen LogP contribution in [0.25, 0.3) is 16.7 Å². The molecule has 1 amide bonds. The molecule has 0 saturated carbocycles. The highest BCUT2D eigenvalue weighted by Gasteiger charge is 2.42. The van der Waals surface area contributed by atoms with Gasteiger partial charge in [0.15, 0.2) is 0 Å². The summed E-state index contributed by atoms with van der Waals surface area (Å²) in [6, 6.07) is 24.6. The van der Waals surface area contributed by atoms with Crippen LogP contribution in [0.5, 0.6) is 5.75 Å². The number of ether oxygens (including phenoxy) is 2. The van der Waals surface area contributed by atoms with E-state index in [0.717, 1.165) is 75.5 Å². The number of carbonyl (C=O) groups excluding carboxylic acids is 1. The van der Waals surface area contributed by atoms with E-state index < -0.39 is 0 Å². The molecule has 1 unspecified atom stereocenters. The zero-order chi connectivity index (χ0) is 34.5. The molecule has 0 aliphatic carbocycles. The van der Waals surface area contributed by atoms with Gasteiger partial charge in [-0.1, -0.05) is 42.5 Å². The lowest BCUT2D eigenvalue weighted by Gasteiger charge is -2.33. The van der Waals surface area contributed by atoms with Gasteiger partial charge in [-0.3, -0.25) is 4.79 Å². The summed E-state index contributed by atoms with van der Waals surface area (Å²) in [5, 5.41) is 11.5. The first-order valence-electron chi connectivity index (χ1n) is 17.7. The number of aromatic nitrogens is 6. The van der Waals surface area contributed by atoms with Crippen molar-refractivity contribution in [1.82, 2.24) is 39.6 Å². The summed E-state index contributed by atoms with van der Waals surface area (Å²) in [5.41, 5.74) is 4.55. The van der Waals surface area contributed by atoms with Gasteiger partial charge >= 0.3 is 0 Å². The van der Waals surface area contributed by atoms with Crippen molar-refractivity contribution < 1.29 is 14.3 Å². The zero-order valence-electron chi connectivity index (χ0n) is 29.3. The van der Waals surface area contributed by atoms with Crippen LogP contribution < -0.4 is 9.64 Å². The van der Waals surface area contributed by atoms with Crippen LogP contribution >= 0.6 is 0 Å². The predicted molar refractivity (Wildman–Crippen MR) is 193 cm³/mol. The van der Waals surface area contributed by atoms with Gasteiger partial charge in [0.05, 0.1) is 42.1 Å². The first kappa shape index (κ1) is 33.7. The second kappa shape index (κ2) is 15.0. The van der Waals surface area contributed by atoms with E-state index in [0.29, 0.717) is 36.7 Å². The van der Waals surface area contributed by atoms with Crippen molar-refractivity contribution in [3.05, 3.63) is 90.3 Å². The molecule has 12 heteroatoms. The number of carbonyl (C=O) groups is 1. The number of imidazole rings is 1. The number of methoxy groups -OCH3 is 1. The number of amides is 1. The molecule has 3 aromatic carbocycles. The second-order valence-corrected chi connectivity index (χ2v) is 13.7. The predicted octanol–water partition coefficient (Wildman–Crippen LogP) is 4.83. The van der Waals surface area contributed by atoms with Crippen LogP contribution in [0.3, 0.4) is 0 Å². The fourth-order valence-corrected chi connectivity index (χ4v) is 7.55. The van der Waals surface area contributed by atoms with E-state index in [1.807, 2.05) is 23.1 Å². The van der Waals surface area contributed by atoms with Crippen molar-refractivity contribution in [1.29, 1.82) is 0 Å². The summed E-state index contributed by atoms with van der Waals surface area (Å²) in [6.45, 7) is 11.7. The van der Waals surface area contributed by atoms with Gasteiger partial charge < -0.3 is 28.7 Å². The Morgan fingerprint density at radius 1 is 0.940 bits per heavy atom. The van der Waals surface area contributed by atoms with E-state index >= 15 is 0 Å². The Kier molecular flexibility index (Phi) is 10.1. The molecule has 0 bridgehead atoms. The fourth-order valence-electron chi connectivity index (χ4n) is 7.55. The molecule has 2 saturated heterocycles. The van der Waals surface area contributed by atoms with Crippen LogP contribution in [0, 0.1) is 0 Å². The summed E-state index contributed by atoms with van der Waals surface area (Å²) < 4.78 is 15.5. The van der Waals surface area contributed by atoms with E-state index in [2.05, 4.69) is 98.3 Å². The average Bonchev–Trinajstić information content (AvgIpc) is 3.88. The summed E-state index contributed by atoms with van der Waals surface area (Å²) in [5.74, 6) is 1.53. The van der Waals surface area contributed by atoms with Crippen LogP contribution in [0.15, 0.2) is 79.1 Å². The average molecular weight is 678 g/mol. The SMILES string of the molecule is COc1ccc(-n2cnnn2)cc1C(=O)N1CCC(CCN2CCCN(c3nc4ccccc4n3CCOC(C)C)CC2)(c2ccccc2)C1. The monoisotopic (exact) mass is 677 g/mol. The second-order valence-electron chi connectivity index (χ2n) is 13.7. The maximum absolute atomic E-state index is 14.1. The molecule has 4 heterocycles. The molecule has 7 rings (SSSR count). The molecule has 2 aliphatic heterocycles. The van der Waals surface area contributed by atoms with Crippen LogP contribution in [0.4, 0.5) is 5.95 Å². The summed E-state index contributed by atoms with van der Waals surface area (Å²) in [7, 11) is 1.60. The van der Waals surface area contributed by atoms with Crippen LogP contribution in [-0.4, -0.2) is 111 Å². The quantitative estimate of drug-likeness (QED) is 0.184. The van der Waals surface area contributed by atoms with E-state index in [4.69, 9.17) is 14.5 Å². The highest BCUT2D eigenvalue weighted by Crippen LogP contribution is 2.39. The summed E-state index contributed by atoms with van der Waals surface area (Å²) >= 11 is 0. The third-order valence-electron chi connectivity index (χ3n) is 10.2. The minimum atomic E-state index is -0.145. The molecule has 5 aromatic rings. The first-order chi connectivity index (χ1) is 24.4. The minimum absolute atomic E-state index is 0.0401. The third kappa shape index (κ3) is 7.08. The van der Waals surface area contributed by atoms with Gasteiger partial charge in [-0.2, -0.15) is 0 Å². The third-order valence-corrected chi connectivity index (χ3v) is 10.2. The van der Waals surface area contributed by atoms with E-state index in [1.165, 1.54) is 11.9 Å². The Hall–Kier alpha value is -4.81. The standard InChI is InChI=1S/C38H47N9O3/c1-29(2)50-25-24-46-34-13-8-7-12-33(34)40-37(46)44-19-9-18-43(22-23-44)20-16-38(30-10-5-4-6-11-30)17-21-45(27-38)36(48)32-26-31(14-15-35(32)49-3)47-28-39-41-42-47/h4-8,10-15,26,28-29H,9,16-25,27H2,1-3H3. The Morgan fingerprint density at radius 2 is 1.78 bits per heavy atom. The van der Waals surface area contributed by atoms with E-state index in [9.17, 15) is 4.79 Å². The maximum Gasteiger partial charge on any atom is 0.257 e. The number of rotatable bonds is 12. The van der Waals surface area contributed by atoms with Crippen molar-refractivity contribution >= 4 is 22.9 Å². The van der Waals surface area contributed by atoms with Gasteiger partial charge in [0, 0.05) is 44.7 Å². The van der Waals surface area contributed by atoms with Gasteiger partial charge in [0.1, 0.15) is 12.1 Å². The first-order valence-corrected chi connectivity index (χ1v) is 17.7. The van der Waals surface area contributed by atoms with Crippen LogP contribution in [0.2, 0.25) is 0 Å². The van der Waals surface area contributed by atoms with Gasteiger partial charge in [-0.15, -0.1) is 5.10 Å². The van der Waals surface area contributed by atoms with Gasteiger partial charge in [0.2, 0.25) is 5.95 Å². The van der Waals surface area contributed by atoms with Crippen LogP contribution in [0.1, 0.15) is 49.0 Å². The number of hydrogen-bond donors (Lipinski definition) is 0. The van der Waals surface area contributed by atoms with Crippen molar-refractivity contribution in [2.24, 2.45) is 0 Å². The van der Waals surface area contributed by atoms with Crippen LogP contribution in [-0.2, 0) is 16.7 Å². The minimum Gasteiger partial charge on any atom is -0.496 e. The molecule has 262 valence electrons. The largest absolute Gasteiger partial charge is 0.496 e. The van der Waals surface area contributed by atoms with Crippen molar-refractivity contribution in [3.8, 4) is 11.4 Å². The molecule has 2 fully saturated rings. The smallest absolute Gasteiger partial charge is 0.257 e. The summed E-state index contributed by atoms with van der Waals surface area (Å²) in [6.07, 6.45) is 4.65. The number of likely N-dealkylation sites (tertiary alicyclic amines) is 1. The Labute approximate surface area is 293 Å². The number of nitrogens with zero attached hydrogens (tertiary/aromatic N) is 9. The Morgan fingerprint density at radius 3 is 2.58 bits per heavy atom. The van der Waals surface area contributed by atoms with Crippen molar-refractivity contribution in [3.63, 3.8) is 0 Å². The highest BCUT2D eigenvalue weighted by atomic mass is 16.5. The molecule has 0 spiro atoms. The molecular weight excluding hydrogens is 630 g/mol. The maximum atomic E-state index is 14.1. The molecule has 50 heavy (non-hydrogen) atoms. The molecule has 0 radical (unpaired) electrons. The molecule has 1 atom stereocenters. The van der Waals surface area contributed by atoms with Crippen molar-refractivity contribution in [2.45, 2.75) is 51.2 Å². The van der Waals surface area contributed by atoms with Gasteiger partial charge in [-0.25, -0.2) is 9.67 Å². The topological polar surface area (TPSA) is 107 Å². The normalized spacial score (nSPS) is 18.6. The Bertz CT molecular complexity index is 1880. The van der Waals surface area contributed by atoms with Gasteiger partial charge in [0.25, 0.3) is 5.91 Å². The lowest BCUT2D eigenvalue weighted by molar-refractivity contribution is 0.0734. The van der Waals surface area contributed by atoms with E-state index in [-0.39, 0.29) is 17.4 Å². The number of tetrazole rings is 1. The summed E-state index contributed by atoms with van der Waals surface area (Å²) in [4.78, 5) is 26.3. The number of fused-ring (bicyclic) bond motifs is 1. The lowest BCUT2D eigenvalue weighted by Crippen LogP contribution is -2.39.